The van der Waals surface area contributed by atoms with Gasteiger partial charge in [0.05, 0.1) is 18.3 Å². The molecule has 0 aliphatic carbocycles. The first kappa shape index (κ1) is 16.4. The predicted molar refractivity (Wildman–Crippen MR) is 94.0 cm³/mol. The van der Waals surface area contributed by atoms with Crippen molar-refractivity contribution >= 4 is 28.5 Å². The van der Waals surface area contributed by atoms with Crippen molar-refractivity contribution < 1.29 is 19.1 Å². The molecule has 1 N–H and O–H groups in total. The molecule has 2 aromatic carbocycles. The minimum atomic E-state index is -0.468. The van der Waals surface area contributed by atoms with Crippen molar-refractivity contribution in [2.45, 2.75) is 6.92 Å². The van der Waals surface area contributed by atoms with Gasteiger partial charge in [-0.1, -0.05) is 18.2 Å². The quantitative estimate of drug-likeness (QED) is 0.583. The fourth-order valence-corrected chi connectivity index (χ4v) is 2.48. The first-order valence-corrected chi connectivity index (χ1v) is 7.60. The third-order valence-corrected chi connectivity index (χ3v) is 3.56. The maximum atomic E-state index is 12.5. The van der Waals surface area contributed by atoms with E-state index in [2.05, 4.69) is 10.3 Å². The van der Waals surface area contributed by atoms with Crippen LogP contribution < -0.4 is 14.8 Å². The van der Waals surface area contributed by atoms with Crippen molar-refractivity contribution in [1.29, 1.82) is 0 Å². The lowest BCUT2D eigenvalue weighted by atomic mass is 10.1. The van der Waals surface area contributed by atoms with E-state index in [1.165, 1.54) is 14.0 Å². The molecular formula is C19H16N2O4. The van der Waals surface area contributed by atoms with Gasteiger partial charge >= 0.3 is 5.97 Å². The van der Waals surface area contributed by atoms with E-state index in [0.29, 0.717) is 27.9 Å². The van der Waals surface area contributed by atoms with Gasteiger partial charge < -0.3 is 14.8 Å². The number of amides is 1. The lowest BCUT2D eigenvalue weighted by molar-refractivity contribution is -0.131. The smallest absolute Gasteiger partial charge is 0.308 e. The molecule has 1 heterocycles. The minimum absolute atomic E-state index is 0.269. The van der Waals surface area contributed by atoms with E-state index >= 15 is 0 Å². The zero-order valence-electron chi connectivity index (χ0n) is 13.8. The normalized spacial score (nSPS) is 10.3. The molecule has 25 heavy (non-hydrogen) atoms. The highest BCUT2D eigenvalue weighted by Crippen LogP contribution is 2.39. The lowest BCUT2D eigenvalue weighted by Crippen LogP contribution is -2.13. The monoisotopic (exact) mass is 336 g/mol. The summed E-state index contributed by atoms with van der Waals surface area (Å²) in [6.07, 6.45) is 1.60. The van der Waals surface area contributed by atoms with Crippen LogP contribution in [0, 0.1) is 0 Å². The number of carbonyl (C=O) groups excluding carboxylic acids is 2. The molecule has 0 saturated carbocycles. The van der Waals surface area contributed by atoms with Gasteiger partial charge in [-0.05, 0) is 24.3 Å². The zero-order chi connectivity index (χ0) is 17.8. The number of benzene rings is 2. The van der Waals surface area contributed by atoms with E-state index in [1.807, 2.05) is 6.07 Å². The van der Waals surface area contributed by atoms with Gasteiger partial charge in [-0.25, -0.2) is 0 Å². The summed E-state index contributed by atoms with van der Waals surface area (Å²) in [6, 6.07) is 13.9. The highest BCUT2D eigenvalue weighted by Gasteiger charge is 2.18. The number of nitrogens with one attached hydrogen (secondary N) is 1. The van der Waals surface area contributed by atoms with Gasteiger partial charge in [0.15, 0.2) is 11.5 Å². The number of fused-ring (bicyclic) bond motifs is 1. The van der Waals surface area contributed by atoms with E-state index in [9.17, 15) is 9.59 Å². The lowest BCUT2D eigenvalue weighted by Gasteiger charge is -2.15. The number of nitrogens with zero attached hydrogens (tertiary/aromatic N) is 1. The summed E-state index contributed by atoms with van der Waals surface area (Å²) >= 11 is 0. The summed E-state index contributed by atoms with van der Waals surface area (Å²) in [4.78, 5) is 28.2. The Morgan fingerprint density at radius 3 is 2.52 bits per heavy atom. The van der Waals surface area contributed by atoms with E-state index in [0.717, 1.165) is 0 Å². The highest BCUT2D eigenvalue weighted by molar-refractivity contribution is 6.10. The van der Waals surface area contributed by atoms with E-state index in [1.54, 1.807) is 48.7 Å². The average Bonchev–Trinajstić information content (AvgIpc) is 2.63. The molecule has 0 saturated heterocycles. The Labute approximate surface area is 144 Å². The molecule has 1 aromatic heterocycles. The molecule has 0 atom stereocenters. The van der Waals surface area contributed by atoms with Gasteiger partial charge in [0.1, 0.15) is 0 Å². The number of hydrogen-bond donors (Lipinski definition) is 1. The molecule has 0 bridgehead atoms. The number of pyridine rings is 1. The molecule has 0 spiro atoms. The standard InChI is InChI=1S/C19H16N2O4/c1-12(22)25-18-14-9-6-10-20-17(14)15(11-16(18)24-2)21-19(23)13-7-4-3-5-8-13/h3-11H,1-2H3,(H,21,23). The van der Waals surface area contributed by atoms with Crippen molar-refractivity contribution in [2.75, 3.05) is 12.4 Å². The Hall–Kier alpha value is -3.41. The third-order valence-electron chi connectivity index (χ3n) is 3.56. The summed E-state index contributed by atoms with van der Waals surface area (Å²) in [5, 5.41) is 3.40. The van der Waals surface area contributed by atoms with Gasteiger partial charge in [0.2, 0.25) is 0 Å². The first-order chi connectivity index (χ1) is 12.1. The van der Waals surface area contributed by atoms with Crippen LogP contribution in [0.3, 0.4) is 0 Å². The Bertz CT molecular complexity index is 939. The fraction of sp³-hybridized carbons (Fsp3) is 0.105. The van der Waals surface area contributed by atoms with Gasteiger partial charge in [-0.3, -0.25) is 14.6 Å². The average molecular weight is 336 g/mol. The number of hydrogen-bond acceptors (Lipinski definition) is 5. The number of methoxy groups -OCH3 is 1. The van der Waals surface area contributed by atoms with Crippen molar-refractivity contribution in [1.82, 2.24) is 4.98 Å². The van der Waals surface area contributed by atoms with Crippen molar-refractivity contribution in [2.24, 2.45) is 0 Å². The SMILES string of the molecule is COc1cc(NC(=O)c2ccccc2)c2ncccc2c1OC(C)=O. The Morgan fingerprint density at radius 1 is 1.08 bits per heavy atom. The summed E-state index contributed by atoms with van der Waals surface area (Å²) < 4.78 is 10.6. The number of aromatic nitrogens is 1. The third kappa shape index (κ3) is 3.42. The molecule has 3 aromatic rings. The van der Waals surface area contributed by atoms with E-state index in [-0.39, 0.29) is 11.7 Å². The fourth-order valence-electron chi connectivity index (χ4n) is 2.48. The highest BCUT2D eigenvalue weighted by atomic mass is 16.6. The number of ether oxygens (including phenoxy) is 2. The van der Waals surface area contributed by atoms with Crippen LogP contribution in [0.1, 0.15) is 17.3 Å². The molecule has 0 radical (unpaired) electrons. The Kier molecular flexibility index (Phi) is 4.61. The molecule has 6 heteroatoms. The Balaban J connectivity index is 2.10. The van der Waals surface area contributed by atoms with Crippen LogP contribution in [0.4, 0.5) is 5.69 Å². The molecule has 0 fully saturated rings. The van der Waals surface area contributed by atoms with Gasteiger partial charge in [0.25, 0.3) is 5.91 Å². The zero-order valence-corrected chi connectivity index (χ0v) is 13.8. The molecule has 3 rings (SSSR count). The molecule has 1 amide bonds. The van der Waals surface area contributed by atoms with Gasteiger partial charge in [-0.2, -0.15) is 0 Å². The summed E-state index contributed by atoms with van der Waals surface area (Å²) in [5.41, 5.74) is 1.50. The van der Waals surface area contributed by atoms with Crippen LogP contribution in [0.25, 0.3) is 10.9 Å². The topological polar surface area (TPSA) is 77.5 Å². The van der Waals surface area contributed by atoms with E-state index < -0.39 is 5.97 Å². The summed E-state index contributed by atoms with van der Waals surface area (Å²) in [6.45, 7) is 1.31. The molecule has 6 nitrogen and oxygen atoms in total. The van der Waals surface area contributed by atoms with Crippen molar-refractivity contribution in [3.05, 3.63) is 60.3 Å². The van der Waals surface area contributed by atoms with Crippen LogP contribution in [0.5, 0.6) is 11.5 Å². The van der Waals surface area contributed by atoms with Crippen LogP contribution in [0.2, 0.25) is 0 Å². The largest absolute Gasteiger partial charge is 0.493 e. The van der Waals surface area contributed by atoms with Crippen LogP contribution in [-0.2, 0) is 4.79 Å². The maximum Gasteiger partial charge on any atom is 0.308 e. The van der Waals surface area contributed by atoms with E-state index in [4.69, 9.17) is 9.47 Å². The second-order valence-corrected chi connectivity index (χ2v) is 5.27. The van der Waals surface area contributed by atoms with Crippen molar-refractivity contribution in [3.8, 4) is 11.5 Å². The van der Waals surface area contributed by atoms with Crippen LogP contribution >= 0.6 is 0 Å². The predicted octanol–water partition coefficient (Wildman–Crippen LogP) is 3.42. The second-order valence-electron chi connectivity index (χ2n) is 5.27. The molecule has 0 aliphatic rings. The molecule has 0 unspecified atom stereocenters. The second kappa shape index (κ2) is 7.00. The number of carbonyl (C=O) groups is 2. The van der Waals surface area contributed by atoms with Gasteiger partial charge in [0, 0.05) is 30.1 Å². The minimum Gasteiger partial charge on any atom is -0.493 e. The molecule has 0 aliphatic heterocycles. The van der Waals surface area contributed by atoms with Crippen LogP contribution in [-0.4, -0.2) is 24.0 Å². The van der Waals surface area contributed by atoms with Gasteiger partial charge in [-0.15, -0.1) is 0 Å². The number of esters is 1. The van der Waals surface area contributed by atoms with Crippen molar-refractivity contribution in [3.63, 3.8) is 0 Å². The summed E-state index contributed by atoms with van der Waals surface area (Å²) in [7, 11) is 1.47. The first-order valence-electron chi connectivity index (χ1n) is 7.60. The summed E-state index contributed by atoms with van der Waals surface area (Å²) in [5.74, 6) is -0.130. The van der Waals surface area contributed by atoms with Crippen LogP contribution in [0.15, 0.2) is 54.7 Å². The maximum absolute atomic E-state index is 12.5. The Morgan fingerprint density at radius 2 is 1.84 bits per heavy atom. The number of anilines is 1. The number of rotatable bonds is 4. The molecule has 126 valence electrons. The molecular weight excluding hydrogens is 320 g/mol.